The monoisotopic (exact) mass is 521 g/mol. The minimum absolute atomic E-state index is 0.0974. The second-order valence-corrected chi connectivity index (χ2v) is 11.6. The maximum absolute atomic E-state index is 13.3. The third-order valence-corrected chi connectivity index (χ3v) is 6.96. The third-order valence-electron chi connectivity index (χ3n) is 5.54. The van der Waals surface area contributed by atoms with Gasteiger partial charge in [-0.05, 0) is 61.6 Å². The number of carbonyl (C=O) groups is 2. The van der Waals surface area contributed by atoms with E-state index in [1.165, 1.54) is 9.21 Å². The SMILES string of the molecule is Cc1cccc(N(CCCC(=O)N(Cc2cccc(Cl)c2)C(C)C(=O)NCC(C)C)S(C)(=O)=O)c1. The molecule has 0 heterocycles. The number of carbonyl (C=O) groups excluding carboxylic acids is 2. The van der Waals surface area contributed by atoms with Crippen molar-refractivity contribution in [1.82, 2.24) is 10.2 Å². The number of nitrogens with one attached hydrogen (secondary N) is 1. The number of rotatable bonds is 12. The normalized spacial score (nSPS) is 12.3. The van der Waals surface area contributed by atoms with Gasteiger partial charge in [0.2, 0.25) is 21.8 Å². The second kappa shape index (κ2) is 12.9. The van der Waals surface area contributed by atoms with Gasteiger partial charge >= 0.3 is 0 Å². The number of nitrogens with zero attached hydrogens (tertiary/aromatic N) is 2. The lowest BCUT2D eigenvalue weighted by molar-refractivity contribution is -0.140. The molecule has 0 aromatic heterocycles. The van der Waals surface area contributed by atoms with Gasteiger partial charge in [-0.3, -0.25) is 13.9 Å². The fraction of sp³-hybridized carbons (Fsp3) is 0.462. The summed E-state index contributed by atoms with van der Waals surface area (Å²) in [7, 11) is -3.52. The molecule has 0 radical (unpaired) electrons. The molecule has 1 unspecified atom stereocenters. The number of aryl methyl sites for hydroxylation is 1. The summed E-state index contributed by atoms with van der Waals surface area (Å²) < 4.78 is 26.1. The van der Waals surface area contributed by atoms with Gasteiger partial charge in [0, 0.05) is 31.1 Å². The molecule has 9 heteroatoms. The molecule has 7 nitrogen and oxygen atoms in total. The van der Waals surface area contributed by atoms with Gasteiger partial charge in [-0.25, -0.2) is 8.42 Å². The summed E-state index contributed by atoms with van der Waals surface area (Å²) in [5.41, 5.74) is 2.32. The van der Waals surface area contributed by atoms with Gasteiger partial charge in [0.25, 0.3) is 0 Å². The van der Waals surface area contributed by atoms with Crippen LogP contribution in [0.15, 0.2) is 48.5 Å². The zero-order chi connectivity index (χ0) is 26.2. The lowest BCUT2D eigenvalue weighted by atomic mass is 10.1. The zero-order valence-corrected chi connectivity index (χ0v) is 22.7. The van der Waals surface area contributed by atoms with Gasteiger partial charge in [0.1, 0.15) is 6.04 Å². The summed E-state index contributed by atoms with van der Waals surface area (Å²) in [4.78, 5) is 27.6. The van der Waals surface area contributed by atoms with Crippen LogP contribution in [0.25, 0.3) is 0 Å². The number of halogens is 1. The predicted octanol–water partition coefficient (Wildman–Crippen LogP) is 4.38. The molecule has 0 aliphatic carbocycles. The molecular weight excluding hydrogens is 486 g/mol. The molecule has 0 fully saturated rings. The summed E-state index contributed by atoms with van der Waals surface area (Å²) in [6.45, 7) is 8.50. The Bertz CT molecular complexity index is 1120. The molecule has 2 aromatic rings. The van der Waals surface area contributed by atoms with Crippen molar-refractivity contribution in [2.24, 2.45) is 5.92 Å². The summed E-state index contributed by atoms with van der Waals surface area (Å²) in [6, 6.07) is 13.7. The summed E-state index contributed by atoms with van der Waals surface area (Å²) in [6.07, 6.45) is 1.57. The van der Waals surface area contributed by atoms with Crippen LogP contribution in [-0.4, -0.2) is 50.5 Å². The van der Waals surface area contributed by atoms with E-state index in [1.807, 2.05) is 32.9 Å². The van der Waals surface area contributed by atoms with Crippen molar-refractivity contribution >= 4 is 39.1 Å². The van der Waals surface area contributed by atoms with Crippen LogP contribution < -0.4 is 9.62 Å². The van der Waals surface area contributed by atoms with Crippen molar-refractivity contribution in [3.8, 4) is 0 Å². The van der Waals surface area contributed by atoms with Gasteiger partial charge in [-0.1, -0.05) is 49.7 Å². The zero-order valence-electron chi connectivity index (χ0n) is 21.1. The average molecular weight is 522 g/mol. The van der Waals surface area contributed by atoms with Gasteiger partial charge in [0.05, 0.1) is 11.9 Å². The van der Waals surface area contributed by atoms with Crippen LogP contribution in [0.5, 0.6) is 0 Å². The van der Waals surface area contributed by atoms with Crippen LogP contribution in [0.2, 0.25) is 5.02 Å². The highest BCUT2D eigenvalue weighted by Gasteiger charge is 2.26. The van der Waals surface area contributed by atoms with Crippen molar-refractivity contribution < 1.29 is 18.0 Å². The Labute approximate surface area is 214 Å². The van der Waals surface area contributed by atoms with Crippen molar-refractivity contribution in [2.75, 3.05) is 23.7 Å². The van der Waals surface area contributed by atoms with E-state index >= 15 is 0 Å². The Balaban J connectivity index is 2.16. The number of sulfonamides is 1. The predicted molar refractivity (Wildman–Crippen MR) is 142 cm³/mol. The Kier molecular flexibility index (Phi) is 10.6. The van der Waals surface area contributed by atoms with Crippen LogP contribution in [0.1, 0.15) is 44.7 Å². The Morgan fingerprint density at radius 2 is 1.74 bits per heavy atom. The number of hydrogen-bond donors (Lipinski definition) is 1. The van der Waals surface area contributed by atoms with Crippen LogP contribution in [0.4, 0.5) is 5.69 Å². The molecule has 0 aliphatic rings. The Morgan fingerprint density at radius 3 is 2.34 bits per heavy atom. The number of anilines is 1. The molecule has 0 saturated carbocycles. The standard InChI is InChI=1S/C26H36ClN3O4S/c1-19(2)17-28-26(32)21(4)29(18-22-10-7-11-23(27)16-22)25(31)13-8-14-30(35(5,33)34)24-12-6-9-20(3)15-24/h6-7,9-12,15-16,19,21H,8,13-14,17-18H2,1-5H3,(H,28,32). The largest absolute Gasteiger partial charge is 0.354 e. The average Bonchev–Trinajstić information content (AvgIpc) is 2.77. The Morgan fingerprint density at radius 1 is 1.06 bits per heavy atom. The van der Waals surface area contributed by atoms with E-state index in [4.69, 9.17) is 11.6 Å². The minimum Gasteiger partial charge on any atom is -0.354 e. The molecule has 192 valence electrons. The molecule has 0 aliphatic heterocycles. The van der Waals surface area contributed by atoms with Gasteiger partial charge in [-0.2, -0.15) is 0 Å². The first-order chi connectivity index (χ1) is 16.4. The maximum Gasteiger partial charge on any atom is 0.242 e. The molecule has 1 atom stereocenters. The summed E-state index contributed by atoms with van der Waals surface area (Å²) in [5.74, 6) is -0.173. The molecule has 0 spiro atoms. The van der Waals surface area contributed by atoms with E-state index in [0.29, 0.717) is 23.7 Å². The van der Waals surface area contributed by atoms with E-state index in [2.05, 4.69) is 5.32 Å². The smallest absolute Gasteiger partial charge is 0.242 e. The molecule has 2 amide bonds. The molecule has 1 N–H and O–H groups in total. The third kappa shape index (κ3) is 9.18. The van der Waals surface area contributed by atoms with Crippen molar-refractivity contribution in [3.63, 3.8) is 0 Å². The number of benzene rings is 2. The second-order valence-electron chi connectivity index (χ2n) is 9.24. The molecule has 0 saturated heterocycles. The summed E-state index contributed by atoms with van der Waals surface area (Å²) >= 11 is 6.12. The fourth-order valence-corrected chi connectivity index (χ4v) is 4.82. The van der Waals surface area contributed by atoms with Gasteiger partial charge in [0.15, 0.2) is 0 Å². The van der Waals surface area contributed by atoms with Crippen molar-refractivity contribution in [2.45, 2.75) is 53.1 Å². The molecule has 2 rings (SSSR count). The summed E-state index contributed by atoms with van der Waals surface area (Å²) in [5, 5.41) is 3.44. The number of amides is 2. The first-order valence-corrected chi connectivity index (χ1v) is 14.0. The van der Waals surface area contributed by atoms with Crippen LogP contribution >= 0.6 is 11.6 Å². The van der Waals surface area contributed by atoms with E-state index in [0.717, 1.165) is 17.4 Å². The van der Waals surface area contributed by atoms with Crippen LogP contribution in [0.3, 0.4) is 0 Å². The molecule has 35 heavy (non-hydrogen) atoms. The quantitative estimate of drug-likeness (QED) is 0.449. The van der Waals surface area contributed by atoms with E-state index < -0.39 is 16.1 Å². The highest BCUT2D eigenvalue weighted by atomic mass is 35.5. The lowest BCUT2D eigenvalue weighted by Crippen LogP contribution is -2.48. The molecular formula is C26H36ClN3O4S. The first-order valence-electron chi connectivity index (χ1n) is 11.7. The van der Waals surface area contributed by atoms with Crippen LogP contribution in [-0.2, 0) is 26.2 Å². The lowest BCUT2D eigenvalue weighted by Gasteiger charge is -2.29. The highest BCUT2D eigenvalue weighted by Crippen LogP contribution is 2.21. The highest BCUT2D eigenvalue weighted by molar-refractivity contribution is 7.92. The van der Waals surface area contributed by atoms with Crippen molar-refractivity contribution in [1.29, 1.82) is 0 Å². The Hall–Kier alpha value is -2.58. The van der Waals surface area contributed by atoms with Crippen molar-refractivity contribution in [3.05, 3.63) is 64.7 Å². The van der Waals surface area contributed by atoms with Gasteiger partial charge < -0.3 is 10.2 Å². The van der Waals surface area contributed by atoms with E-state index in [9.17, 15) is 18.0 Å². The maximum atomic E-state index is 13.3. The minimum atomic E-state index is -3.52. The molecule has 0 bridgehead atoms. The van der Waals surface area contributed by atoms with E-state index in [1.54, 1.807) is 43.3 Å². The topological polar surface area (TPSA) is 86.8 Å². The van der Waals surface area contributed by atoms with Gasteiger partial charge in [-0.15, -0.1) is 0 Å². The van der Waals surface area contributed by atoms with Crippen LogP contribution in [0, 0.1) is 12.8 Å². The first kappa shape index (κ1) is 28.7. The molecule has 2 aromatic carbocycles. The fourth-order valence-electron chi connectivity index (χ4n) is 3.65. The van der Waals surface area contributed by atoms with E-state index in [-0.39, 0.29) is 37.2 Å². The number of hydrogen-bond acceptors (Lipinski definition) is 4.